The second-order valence-corrected chi connectivity index (χ2v) is 9.23. The van der Waals surface area contributed by atoms with Crippen LogP contribution in [0.5, 0.6) is 5.75 Å². The summed E-state index contributed by atoms with van der Waals surface area (Å²) in [5.74, 6) is -3.48. The number of carboxylic acids is 1. The van der Waals surface area contributed by atoms with Crippen LogP contribution in [0.2, 0.25) is 0 Å². The molecule has 182 valence electrons. The molecule has 0 saturated carbocycles. The lowest BCUT2D eigenvalue weighted by Crippen LogP contribution is -2.40. The molecule has 1 aliphatic heterocycles. The summed E-state index contributed by atoms with van der Waals surface area (Å²) in [4.78, 5) is 26.5. The van der Waals surface area contributed by atoms with Crippen molar-refractivity contribution in [1.29, 1.82) is 0 Å². The zero-order chi connectivity index (χ0) is 25.2. The minimum Gasteiger partial charge on any atom is -0.478 e. The predicted octanol–water partition coefficient (Wildman–Crippen LogP) is 5.89. The lowest BCUT2D eigenvalue weighted by atomic mass is 9.89. The molecule has 1 heterocycles. The SMILES string of the molecule is CC(C)(Oc1cccc(C2CCCN(C(=O)c3c(-c4ccccc4)ccc(F)c3F)C2)c1)C(=O)O. The molecule has 1 atom stereocenters. The van der Waals surface area contributed by atoms with Crippen molar-refractivity contribution in [2.24, 2.45) is 0 Å². The molecule has 5 nitrogen and oxygen atoms in total. The fraction of sp³-hybridized carbons (Fsp3) is 0.286. The molecule has 1 aliphatic rings. The molecule has 0 radical (unpaired) electrons. The maximum absolute atomic E-state index is 15.0. The van der Waals surface area contributed by atoms with E-state index >= 15 is 0 Å². The Morgan fingerprint density at radius 3 is 2.49 bits per heavy atom. The first kappa shape index (κ1) is 24.4. The molecule has 1 saturated heterocycles. The van der Waals surface area contributed by atoms with Crippen LogP contribution in [0.4, 0.5) is 8.78 Å². The van der Waals surface area contributed by atoms with E-state index in [1.165, 1.54) is 19.9 Å². The second kappa shape index (κ2) is 9.86. The van der Waals surface area contributed by atoms with Gasteiger partial charge in [0.1, 0.15) is 5.75 Å². The van der Waals surface area contributed by atoms with E-state index in [0.29, 0.717) is 36.4 Å². The normalized spacial score (nSPS) is 16.1. The number of halogens is 2. The Morgan fingerprint density at radius 2 is 1.77 bits per heavy atom. The lowest BCUT2D eigenvalue weighted by Gasteiger charge is -2.34. The quantitative estimate of drug-likeness (QED) is 0.479. The molecule has 7 heteroatoms. The summed E-state index contributed by atoms with van der Waals surface area (Å²) in [6.45, 7) is 3.71. The Morgan fingerprint density at radius 1 is 1.03 bits per heavy atom. The number of piperidine rings is 1. The third kappa shape index (κ3) is 5.19. The smallest absolute Gasteiger partial charge is 0.347 e. The van der Waals surface area contributed by atoms with Crippen molar-refractivity contribution in [2.75, 3.05) is 13.1 Å². The molecule has 3 aromatic carbocycles. The van der Waals surface area contributed by atoms with E-state index in [-0.39, 0.29) is 11.5 Å². The minimum atomic E-state index is -1.39. The van der Waals surface area contributed by atoms with Crippen LogP contribution in [0.1, 0.15) is 48.5 Å². The van der Waals surface area contributed by atoms with Crippen LogP contribution in [-0.4, -0.2) is 40.6 Å². The molecule has 4 rings (SSSR count). The fourth-order valence-electron chi connectivity index (χ4n) is 4.38. The van der Waals surface area contributed by atoms with Gasteiger partial charge in [0.2, 0.25) is 0 Å². The average Bonchev–Trinajstić information content (AvgIpc) is 2.85. The fourth-order valence-corrected chi connectivity index (χ4v) is 4.38. The number of hydrogen-bond acceptors (Lipinski definition) is 3. The van der Waals surface area contributed by atoms with Crippen LogP contribution >= 0.6 is 0 Å². The zero-order valence-electron chi connectivity index (χ0n) is 19.6. The molecule has 3 aromatic rings. The van der Waals surface area contributed by atoms with Gasteiger partial charge in [-0.2, -0.15) is 0 Å². The summed E-state index contributed by atoms with van der Waals surface area (Å²) in [7, 11) is 0. The summed E-state index contributed by atoms with van der Waals surface area (Å²) < 4.78 is 34.8. The molecule has 0 bridgehead atoms. The van der Waals surface area contributed by atoms with Crippen LogP contribution < -0.4 is 4.74 Å². The summed E-state index contributed by atoms with van der Waals surface area (Å²) >= 11 is 0. The Balaban J connectivity index is 1.60. The number of nitrogens with zero attached hydrogens (tertiary/aromatic N) is 1. The molecule has 0 aromatic heterocycles. The third-order valence-corrected chi connectivity index (χ3v) is 6.32. The molecule has 1 fully saturated rings. The summed E-state index contributed by atoms with van der Waals surface area (Å²) in [6.07, 6.45) is 1.49. The first-order valence-corrected chi connectivity index (χ1v) is 11.5. The van der Waals surface area contributed by atoms with E-state index in [9.17, 15) is 23.5 Å². The molecule has 1 N–H and O–H groups in total. The summed E-state index contributed by atoms with van der Waals surface area (Å²) in [5, 5.41) is 9.34. The first-order chi connectivity index (χ1) is 16.7. The summed E-state index contributed by atoms with van der Waals surface area (Å²) in [5.41, 5.74) is 0.217. The number of likely N-dealkylation sites (tertiary alicyclic amines) is 1. The molecule has 1 unspecified atom stereocenters. The van der Waals surface area contributed by atoms with Gasteiger partial charge in [-0.3, -0.25) is 4.79 Å². The minimum absolute atomic E-state index is 0.0546. The second-order valence-electron chi connectivity index (χ2n) is 9.23. The number of aliphatic carboxylic acids is 1. The maximum atomic E-state index is 15.0. The number of carbonyl (C=O) groups excluding carboxylic acids is 1. The number of carboxylic acid groups (broad SMARTS) is 1. The van der Waals surface area contributed by atoms with Gasteiger partial charge >= 0.3 is 5.97 Å². The molecule has 0 spiro atoms. The van der Waals surface area contributed by atoms with Gasteiger partial charge < -0.3 is 14.7 Å². The van der Waals surface area contributed by atoms with Gasteiger partial charge in [0.15, 0.2) is 17.2 Å². The van der Waals surface area contributed by atoms with Crippen molar-refractivity contribution in [2.45, 2.75) is 38.2 Å². The number of benzene rings is 3. The standard InChI is InChI=1S/C28H27F2NO4/c1-28(2,27(33)34)35-21-12-6-10-19(16-21)20-11-7-15-31(17-20)26(32)24-22(13-14-23(29)25(24)30)18-8-4-3-5-9-18/h3-6,8-10,12-14,16,20H,7,11,15,17H2,1-2H3,(H,33,34). The van der Waals surface area contributed by atoms with Gasteiger partial charge in [-0.05, 0) is 61.6 Å². The largest absolute Gasteiger partial charge is 0.478 e. The van der Waals surface area contributed by atoms with Gasteiger partial charge in [-0.15, -0.1) is 0 Å². The Labute approximate surface area is 203 Å². The summed E-state index contributed by atoms with van der Waals surface area (Å²) in [6, 6.07) is 18.5. The lowest BCUT2D eigenvalue weighted by molar-refractivity contribution is -0.152. The van der Waals surface area contributed by atoms with Gasteiger partial charge in [-0.25, -0.2) is 13.6 Å². The molecular formula is C28H27F2NO4. The number of ether oxygens (including phenoxy) is 1. The van der Waals surface area contributed by atoms with Crippen LogP contribution in [0.15, 0.2) is 66.7 Å². The van der Waals surface area contributed by atoms with Gasteiger partial charge in [0.05, 0.1) is 5.56 Å². The van der Waals surface area contributed by atoms with Crippen molar-refractivity contribution in [3.63, 3.8) is 0 Å². The topological polar surface area (TPSA) is 66.8 Å². The Kier molecular flexibility index (Phi) is 6.87. The van der Waals surface area contributed by atoms with Crippen LogP contribution in [-0.2, 0) is 4.79 Å². The predicted molar refractivity (Wildman–Crippen MR) is 128 cm³/mol. The van der Waals surface area contributed by atoms with Crippen molar-refractivity contribution in [1.82, 2.24) is 4.90 Å². The van der Waals surface area contributed by atoms with Crippen LogP contribution in [0.25, 0.3) is 11.1 Å². The van der Waals surface area contributed by atoms with E-state index in [2.05, 4.69) is 0 Å². The van der Waals surface area contributed by atoms with Crippen molar-refractivity contribution in [3.8, 4) is 16.9 Å². The maximum Gasteiger partial charge on any atom is 0.347 e. The monoisotopic (exact) mass is 479 g/mol. The molecular weight excluding hydrogens is 452 g/mol. The van der Waals surface area contributed by atoms with E-state index in [0.717, 1.165) is 18.1 Å². The number of rotatable bonds is 6. The van der Waals surface area contributed by atoms with Crippen LogP contribution in [0.3, 0.4) is 0 Å². The van der Waals surface area contributed by atoms with Gasteiger partial charge in [-0.1, -0.05) is 48.5 Å². The number of hydrogen-bond donors (Lipinski definition) is 1. The van der Waals surface area contributed by atoms with Crippen molar-refractivity contribution in [3.05, 3.63) is 89.5 Å². The van der Waals surface area contributed by atoms with Gasteiger partial charge in [0, 0.05) is 19.0 Å². The van der Waals surface area contributed by atoms with Crippen molar-refractivity contribution >= 4 is 11.9 Å². The highest BCUT2D eigenvalue weighted by Gasteiger charge is 2.32. The van der Waals surface area contributed by atoms with Gasteiger partial charge in [0.25, 0.3) is 5.91 Å². The van der Waals surface area contributed by atoms with E-state index in [4.69, 9.17) is 4.74 Å². The third-order valence-electron chi connectivity index (χ3n) is 6.32. The highest BCUT2D eigenvalue weighted by Crippen LogP contribution is 2.33. The Bertz CT molecular complexity index is 1240. The Hall–Kier alpha value is -3.74. The average molecular weight is 480 g/mol. The van der Waals surface area contributed by atoms with Crippen LogP contribution in [0, 0.1) is 11.6 Å². The van der Waals surface area contributed by atoms with E-state index in [1.807, 2.05) is 12.1 Å². The zero-order valence-corrected chi connectivity index (χ0v) is 19.6. The number of amides is 1. The highest BCUT2D eigenvalue weighted by atomic mass is 19.2. The number of carbonyl (C=O) groups is 2. The van der Waals surface area contributed by atoms with Crippen molar-refractivity contribution < 1.29 is 28.2 Å². The van der Waals surface area contributed by atoms with E-state index in [1.54, 1.807) is 47.4 Å². The molecule has 0 aliphatic carbocycles. The molecule has 1 amide bonds. The van der Waals surface area contributed by atoms with E-state index < -0.39 is 29.1 Å². The molecule has 35 heavy (non-hydrogen) atoms. The highest BCUT2D eigenvalue weighted by molar-refractivity contribution is 6.01. The first-order valence-electron chi connectivity index (χ1n) is 11.5.